The molecule has 0 radical (unpaired) electrons. The normalized spacial score (nSPS) is 23.1. The van der Waals surface area contributed by atoms with Crippen LogP contribution in [0, 0.1) is 19.8 Å². The monoisotopic (exact) mass is 367 g/mol. The van der Waals surface area contributed by atoms with E-state index in [1.807, 2.05) is 28.6 Å². The number of likely N-dealkylation sites (tertiary alicyclic amines) is 2. The predicted octanol–water partition coefficient (Wildman–Crippen LogP) is 3.44. The van der Waals surface area contributed by atoms with Crippen LogP contribution in [0.2, 0.25) is 0 Å². The zero-order chi connectivity index (χ0) is 19.0. The van der Waals surface area contributed by atoms with Crippen molar-refractivity contribution in [2.45, 2.75) is 39.2 Å². The van der Waals surface area contributed by atoms with E-state index in [1.165, 1.54) is 24.9 Å². The maximum atomic E-state index is 12.8. The highest BCUT2D eigenvalue weighted by atomic mass is 16.2. The number of nitrogens with zero attached hydrogens (tertiary/aromatic N) is 4. The van der Waals surface area contributed by atoms with Crippen molar-refractivity contribution in [2.24, 2.45) is 5.92 Å². The van der Waals surface area contributed by atoms with E-state index >= 15 is 0 Å². The van der Waals surface area contributed by atoms with Crippen LogP contribution in [-0.2, 0) is 0 Å². The third-order valence-corrected chi connectivity index (χ3v) is 6.13. The summed E-state index contributed by atoms with van der Waals surface area (Å²) < 4.78 is 1.88. The molecule has 2 aliphatic rings. The molecule has 0 saturated carbocycles. The number of aromatic nitrogens is 2. The van der Waals surface area contributed by atoms with Crippen molar-refractivity contribution in [3.63, 3.8) is 0 Å². The number of hydrogen-bond donors (Lipinski definition) is 1. The molecule has 1 aromatic heterocycles. The van der Waals surface area contributed by atoms with Gasteiger partial charge in [0.15, 0.2) is 0 Å². The van der Waals surface area contributed by atoms with Crippen LogP contribution in [0.15, 0.2) is 30.5 Å². The summed E-state index contributed by atoms with van der Waals surface area (Å²) in [7, 11) is 2.22. The van der Waals surface area contributed by atoms with Crippen LogP contribution < -0.4 is 5.32 Å². The average Bonchev–Trinajstić information content (AvgIpc) is 3.02. The number of fused-ring (bicyclic) bond motifs is 1. The van der Waals surface area contributed by atoms with Gasteiger partial charge in [0.2, 0.25) is 0 Å². The summed E-state index contributed by atoms with van der Waals surface area (Å²) in [4.78, 5) is 17.3. The number of piperidine rings is 2. The molecule has 1 N–H and O–H groups in total. The summed E-state index contributed by atoms with van der Waals surface area (Å²) in [6.45, 7) is 6.92. The lowest BCUT2D eigenvalue weighted by atomic mass is 9.84. The first kappa shape index (κ1) is 18.0. The SMILES string of the molecule is Cc1cccc(-n2ncc(NC(=O)N3CCC4C(CCCN4C)C3)c2C)c1. The number of aryl methyl sites for hydroxylation is 1. The summed E-state index contributed by atoms with van der Waals surface area (Å²) in [5.41, 5.74) is 3.93. The Hall–Kier alpha value is -2.34. The van der Waals surface area contributed by atoms with E-state index in [0.717, 1.165) is 36.6 Å². The van der Waals surface area contributed by atoms with Crippen molar-refractivity contribution in [1.29, 1.82) is 0 Å². The molecule has 2 atom stereocenters. The second kappa shape index (κ2) is 7.35. The molecule has 2 aromatic rings. The zero-order valence-electron chi connectivity index (χ0n) is 16.5. The topological polar surface area (TPSA) is 53.4 Å². The zero-order valence-corrected chi connectivity index (χ0v) is 16.5. The van der Waals surface area contributed by atoms with Crippen molar-refractivity contribution in [3.8, 4) is 5.69 Å². The largest absolute Gasteiger partial charge is 0.324 e. The Bertz CT molecular complexity index is 830. The molecule has 0 bridgehead atoms. The smallest absolute Gasteiger partial charge is 0.321 e. The number of carbonyl (C=O) groups excluding carboxylic acids is 1. The summed E-state index contributed by atoms with van der Waals surface area (Å²) in [6, 6.07) is 8.84. The van der Waals surface area contributed by atoms with Crippen LogP contribution in [0.1, 0.15) is 30.5 Å². The van der Waals surface area contributed by atoms with Crippen molar-refractivity contribution in [1.82, 2.24) is 19.6 Å². The fraction of sp³-hybridized carbons (Fsp3) is 0.524. The highest BCUT2D eigenvalue weighted by molar-refractivity contribution is 5.90. The van der Waals surface area contributed by atoms with Gasteiger partial charge < -0.3 is 15.1 Å². The fourth-order valence-corrected chi connectivity index (χ4v) is 4.58. The molecule has 144 valence electrons. The maximum absolute atomic E-state index is 12.8. The average molecular weight is 367 g/mol. The minimum absolute atomic E-state index is 0.00595. The van der Waals surface area contributed by atoms with Crippen molar-refractivity contribution >= 4 is 11.7 Å². The van der Waals surface area contributed by atoms with E-state index < -0.39 is 0 Å². The number of amides is 2. The van der Waals surface area contributed by atoms with Gasteiger partial charge in [-0.05, 0) is 70.3 Å². The van der Waals surface area contributed by atoms with Crippen LogP contribution in [0.25, 0.3) is 5.69 Å². The number of nitrogens with one attached hydrogen (secondary N) is 1. The Morgan fingerprint density at radius 1 is 1.22 bits per heavy atom. The molecule has 6 heteroatoms. The number of hydrogen-bond acceptors (Lipinski definition) is 3. The van der Waals surface area contributed by atoms with Gasteiger partial charge in [0.05, 0.1) is 23.3 Å². The van der Waals surface area contributed by atoms with Crippen LogP contribution in [0.3, 0.4) is 0 Å². The molecule has 2 fully saturated rings. The Kier molecular flexibility index (Phi) is 4.91. The molecule has 1 aromatic carbocycles. The summed E-state index contributed by atoms with van der Waals surface area (Å²) >= 11 is 0. The van der Waals surface area contributed by atoms with E-state index in [0.29, 0.717) is 12.0 Å². The van der Waals surface area contributed by atoms with Gasteiger partial charge in [0, 0.05) is 19.1 Å². The molecule has 2 amide bonds. The van der Waals surface area contributed by atoms with Gasteiger partial charge in [-0.15, -0.1) is 0 Å². The highest BCUT2D eigenvalue weighted by Crippen LogP contribution is 2.30. The first-order valence-corrected chi connectivity index (χ1v) is 9.91. The molecule has 0 spiro atoms. The Labute approximate surface area is 161 Å². The first-order valence-electron chi connectivity index (χ1n) is 9.91. The van der Waals surface area contributed by atoms with E-state index in [1.54, 1.807) is 6.20 Å². The van der Waals surface area contributed by atoms with E-state index in [-0.39, 0.29) is 6.03 Å². The van der Waals surface area contributed by atoms with Crippen molar-refractivity contribution in [2.75, 3.05) is 32.0 Å². The molecule has 2 unspecified atom stereocenters. The molecule has 0 aliphatic carbocycles. The molecule has 6 nitrogen and oxygen atoms in total. The Balaban J connectivity index is 1.44. The van der Waals surface area contributed by atoms with Gasteiger partial charge in [-0.25, -0.2) is 9.48 Å². The van der Waals surface area contributed by atoms with Crippen LogP contribution >= 0.6 is 0 Å². The van der Waals surface area contributed by atoms with Crippen molar-refractivity contribution in [3.05, 3.63) is 41.7 Å². The van der Waals surface area contributed by atoms with Gasteiger partial charge in [-0.1, -0.05) is 12.1 Å². The minimum Gasteiger partial charge on any atom is -0.324 e. The first-order chi connectivity index (χ1) is 13.0. The van der Waals surface area contributed by atoms with Crippen molar-refractivity contribution < 1.29 is 4.79 Å². The highest BCUT2D eigenvalue weighted by Gasteiger charge is 2.35. The Morgan fingerprint density at radius 3 is 2.89 bits per heavy atom. The molecule has 2 saturated heterocycles. The van der Waals surface area contributed by atoms with Gasteiger partial charge >= 0.3 is 6.03 Å². The third kappa shape index (κ3) is 3.58. The fourth-order valence-electron chi connectivity index (χ4n) is 4.58. The predicted molar refractivity (Wildman–Crippen MR) is 107 cm³/mol. The number of urea groups is 1. The maximum Gasteiger partial charge on any atom is 0.321 e. The second-order valence-corrected chi connectivity index (χ2v) is 8.01. The molecular formula is C21H29N5O. The molecule has 2 aliphatic heterocycles. The van der Waals surface area contributed by atoms with Gasteiger partial charge in [0.1, 0.15) is 0 Å². The molecule has 4 rings (SSSR count). The van der Waals surface area contributed by atoms with Crippen LogP contribution in [0.4, 0.5) is 10.5 Å². The standard InChI is InChI=1S/C21H29N5O/c1-15-6-4-8-18(12-15)26-16(2)19(13-22-26)23-21(27)25-11-9-20-17(14-25)7-5-10-24(20)3/h4,6,8,12-13,17,20H,5,7,9-11,14H2,1-3H3,(H,23,27). The third-order valence-electron chi connectivity index (χ3n) is 6.13. The number of anilines is 1. The number of benzene rings is 1. The molecule has 27 heavy (non-hydrogen) atoms. The van der Waals surface area contributed by atoms with E-state index in [4.69, 9.17) is 0 Å². The lowest BCUT2D eigenvalue weighted by Gasteiger charge is -2.45. The number of carbonyl (C=O) groups is 1. The van der Waals surface area contributed by atoms with Crippen LogP contribution in [0.5, 0.6) is 0 Å². The Morgan fingerprint density at radius 2 is 2.07 bits per heavy atom. The van der Waals surface area contributed by atoms with Gasteiger partial charge in [-0.2, -0.15) is 5.10 Å². The van der Waals surface area contributed by atoms with Gasteiger partial charge in [0.25, 0.3) is 0 Å². The second-order valence-electron chi connectivity index (χ2n) is 8.01. The molecule has 3 heterocycles. The minimum atomic E-state index is -0.00595. The van der Waals surface area contributed by atoms with E-state index in [9.17, 15) is 4.79 Å². The summed E-state index contributed by atoms with van der Waals surface area (Å²) in [5.74, 6) is 0.597. The summed E-state index contributed by atoms with van der Waals surface area (Å²) in [6.07, 6.45) is 5.27. The number of rotatable bonds is 2. The molecular weight excluding hydrogens is 338 g/mol. The lowest BCUT2D eigenvalue weighted by Crippen LogP contribution is -2.54. The van der Waals surface area contributed by atoms with Crippen LogP contribution in [-0.4, -0.2) is 58.3 Å². The summed E-state index contributed by atoms with van der Waals surface area (Å²) in [5, 5.41) is 7.56. The quantitative estimate of drug-likeness (QED) is 0.885. The van der Waals surface area contributed by atoms with Gasteiger partial charge in [-0.3, -0.25) is 0 Å². The van der Waals surface area contributed by atoms with E-state index in [2.05, 4.69) is 41.4 Å². The lowest BCUT2D eigenvalue weighted by molar-refractivity contribution is 0.0542.